The van der Waals surface area contributed by atoms with E-state index in [1.807, 2.05) is 12.1 Å². The summed E-state index contributed by atoms with van der Waals surface area (Å²) in [6.07, 6.45) is 1.99. The van der Waals surface area contributed by atoms with Gasteiger partial charge in [-0.3, -0.25) is 4.79 Å². The van der Waals surface area contributed by atoms with Gasteiger partial charge in [0.25, 0.3) is 0 Å². The Kier molecular flexibility index (Phi) is 2.83. The highest BCUT2D eigenvalue weighted by molar-refractivity contribution is 9.10. The van der Waals surface area contributed by atoms with Crippen molar-refractivity contribution in [2.75, 3.05) is 6.79 Å². The monoisotopic (exact) mass is 312 g/mol. The fourth-order valence-corrected chi connectivity index (χ4v) is 3.06. The molecule has 0 spiro atoms. The minimum atomic E-state index is -0.756. The predicted octanol–water partition coefficient (Wildman–Crippen LogP) is 2.82. The molecule has 0 bridgehead atoms. The zero-order chi connectivity index (χ0) is 12.8. The van der Waals surface area contributed by atoms with Crippen LogP contribution in [0.3, 0.4) is 0 Å². The van der Waals surface area contributed by atoms with Gasteiger partial charge in [0.1, 0.15) is 5.75 Å². The molecule has 0 unspecified atom stereocenters. The lowest BCUT2D eigenvalue weighted by molar-refractivity contribution is -0.137. The summed E-state index contributed by atoms with van der Waals surface area (Å²) in [4.78, 5) is 11.0. The number of aliphatic carboxylic acids is 1. The summed E-state index contributed by atoms with van der Waals surface area (Å²) in [5, 5.41) is 9.05. The standard InChI is InChI=1S/C13H13BrO4/c14-9-3-8-6-17-7-18-12(8)10(4-9)13(1-2-13)5-11(15)16/h3-4H,1-2,5-7H2,(H,15,16). The second kappa shape index (κ2) is 4.24. The topological polar surface area (TPSA) is 55.8 Å². The maximum absolute atomic E-state index is 11.0. The average molecular weight is 313 g/mol. The van der Waals surface area contributed by atoms with Crippen molar-refractivity contribution in [3.63, 3.8) is 0 Å². The zero-order valence-corrected chi connectivity index (χ0v) is 11.3. The van der Waals surface area contributed by atoms with Crippen LogP contribution in [0, 0.1) is 0 Å². The molecule has 1 fully saturated rings. The van der Waals surface area contributed by atoms with Crippen molar-refractivity contribution >= 4 is 21.9 Å². The maximum atomic E-state index is 11.0. The molecule has 0 atom stereocenters. The van der Waals surface area contributed by atoms with Gasteiger partial charge in [-0.2, -0.15) is 0 Å². The van der Waals surface area contributed by atoms with Gasteiger partial charge in [0.15, 0.2) is 6.79 Å². The number of rotatable bonds is 3. The van der Waals surface area contributed by atoms with Crippen LogP contribution in [0.5, 0.6) is 5.75 Å². The quantitative estimate of drug-likeness (QED) is 0.932. The van der Waals surface area contributed by atoms with E-state index < -0.39 is 5.97 Å². The van der Waals surface area contributed by atoms with E-state index in [2.05, 4.69) is 15.9 Å². The van der Waals surface area contributed by atoms with E-state index in [0.29, 0.717) is 6.61 Å². The first-order valence-electron chi connectivity index (χ1n) is 5.86. The highest BCUT2D eigenvalue weighted by Gasteiger charge is 2.48. The summed E-state index contributed by atoms with van der Waals surface area (Å²) in [6, 6.07) is 3.95. The molecule has 1 aromatic rings. The number of fused-ring (bicyclic) bond motifs is 1. The third-order valence-electron chi connectivity index (χ3n) is 3.59. The van der Waals surface area contributed by atoms with Crippen LogP contribution in [0.15, 0.2) is 16.6 Å². The van der Waals surface area contributed by atoms with Crippen LogP contribution in [0.2, 0.25) is 0 Å². The van der Waals surface area contributed by atoms with Gasteiger partial charge in [-0.15, -0.1) is 0 Å². The first-order valence-corrected chi connectivity index (χ1v) is 6.65. The van der Waals surface area contributed by atoms with Crippen molar-refractivity contribution in [2.45, 2.75) is 31.3 Å². The number of carbonyl (C=O) groups is 1. The molecule has 1 aromatic carbocycles. The Hall–Kier alpha value is -1.07. The average Bonchev–Trinajstić information content (AvgIpc) is 3.08. The highest BCUT2D eigenvalue weighted by atomic mass is 79.9. The molecule has 0 radical (unpaired) electrons. The first-order chi connectivity index (χ1) is 8.61. The van der Waals surface area contributed by atoms with Gasteiger partial charge in [0, 0.05) is 21.0 Å². The van der Waals surface area contributed by atoms with E-state index in [1.54, 1.807) is 0 Å². The Morgan fingerprint density at radius 2 is 2.22 bits per heavy atom. The summed E-state index contributed by atoms with van der Waals surface area (Å²) in [5.41, 5.74) is 1.76. The van der Waals surface area contributed by atoms with Crippen molar-refractivity contribution in [1.82, 2.24) is 0 Å². The third kappa shape index (κ3) is 2.01. The molecule has 0 saturated heterocycles. The molecular weight excluding hydrogens is 300 g/mol. The van der Waals surface area contributed by atoms with Crippen molar-refractivity contribution in [1.29, 1.82) is 0 Å². The van der Waals surface area contributed by atoms with Crippen LogP contribution in [0.25, 0.3) is 0 Å². The van der Waals surface area contributed by atoms with Gasteiger partial charge in [0.05, 0.1) is 13.0 Å². The van der Waals surface area contributed by atoms with Crippen molar-refractivity contribution in [3.05, 3.63) is 27.7 Å². The number of carboxylic acid groups (broad SMARTS) is 1. The van der Waals surface area contributed by atoms with E-state index in [-0.39, 0.29) is 18.6 Å². The van der Waals surface area contributed by atoms with Crippen LogP contribution in [0.1, 0.15) is 30.4 Å². The van der Waals surface area contributed by atoms with Gasteiger partial charge in [-0.25, -0.2) is 0 Å². The van der Waals surface area contributed by atoms with E-state index in [0.717, 1.165) is 34.2 Å². The maximum Gasteiger partial charge on any atom is 0.304 e. The van der Waals surface area contributed by atoms with Crippen LogP contribution >= 0.6 is 15.9 Å². The van der Waals surface area contributed by atoms with Gasteiger partial charge >= 0.3 is 5.97 Å². The lowest BCUT2D eigenvalue weighted by atomic mass is 9.90. The fourth-order valence-electron chi connectivity index (χ4n) is 2.56. The van der Waals surface area contributed by atoms with E-state index in [4.69, 9.17) is 14.6 Å². The summed E-state index contributed by atoms with van der Waals surface area (Å²) < 4.78 is 11.8. The molecule has 18 heavy (non-hydrogen) atoms. The van der Waals surface area contributed by atoms with Gasteiger partial charge in [-0.1, -0.05) is 15.9 Å². The number of carboxylic acids is 1. The van der Waals surface area contributed by atoms with Gasteiger partial charge < -0.3 is 14.6 Å². The smallest absolute Gasteiger partial charge is 0.304 e. The normalized spacial score (nSPS) is 19.8. The molecule has 1 N–H and O–H groups in total. The summed E-state index contributed by atoms with van der Waals surface area (Å²) in [6.45, 7) is 0.760. The predicted molar refractivity (Wildman–Crippen MR) is 67.6 cm³/mol. The molecule has 2 aliphatic rings. The summed E-state index contributed by atoms with van der Waals surface area (Å²) >= 11 is 3.47. The lowest BCUT2D eigenvalue weighted by Crippen LogP contribution is -2.19. The molecule has 3 rings (SSSR count). The van der Waals surface area contributed by atoms with Crippen LogP contribution in [-0.2, 0) is 21.6 Å². The zero-order valence-electron chi connectivity index (χ0n) is 9.74. The van der Waals surface area contributed by atoms with Crippen molar-refractivity contribution in [2.24, 2.45) is 0 Å². The Balaban J connectivity index is 2.06. The molecule has 1 aliphatic carbocycles. The molecule has 1 aliphatic heterocycles. The Labute approximate surface area is 113 Å². The molecule has 0 aromatic heterocycles. The number of hydrogen-bond acceptors (Lipinski definition) is 3. The van der Waals surface area contributed by atoms with Crippen LogP contribution in [-0.4, -0.2) is 17.9 Å². The Bertz CT molecular complexity index is 508. The third-order valence-corrected chi connectivity index (χ3v) is 4.05. The molecule has 1 saturated carbocycles. The number of benzene rings is 1. The minimum Gasteiger partial charge on any atom is -0.481 e. The Morgan fingerprint density at radius 1 is 1.44 bits per heavy atom. The number of halogens is 1. The number of ether oxygens (including phenoxy) is 2. The highest BCUT2D eigenvalue weighted by Crippen LogP contribution is 2.55. The molecule has 1 heterocycles. The van der Waals surface area contributed by atoms with Crippen LogP contribution < -0.4 is 4.74 Å². The molecular formula is C13H13BrO4. The molecule has 0 amide bonds. The van der Waals surface area contributed by atoms with Crippen molar-refractivity contribution < 1.29 is 19.4 Å². The van der Waals surface area contributed by atoms with E-state index >= 15 is 0 Å². The molecule has 5 heteroatoms. The summed E-state index contributed by atoms with van der Waals surface area (Å²) in [7, 11) is 0. The second-order valence-electron chi connectivity index (χ2n) is 4.90. The first kappa shape index (κ1) is 12.0. The Morgan fingerprint density at radius 3 is 2.89 bits per heavy atom. The second-order valence-corrected chi connectivity index (χ2v) is 5.82. The molecule has 4 nitrogen and oxygen atoms in total. The van der Waals surface area contributed by atoms with Gasteiger partial charge in [-0.05, 0) is 25.0 Å². The van der Waals surface area contributed by atoms with E-state index in [9.17, 15) is 4.79 Å². The largest absolute Gasteiger partial charge is 0.481 e. The fraction of sp³-hybridized carbons (Fsp3) is 0.462. The van der Waals surface area contributed by atoms with Crippen LogP contribution in [0.4, 0.5) is 0 Å². The van der Waals surface area contributed by atoms with Crippen molar-refractivity contribution in [3.8, 4) is 5.75 Å². The lowest BCUT2D eigenvalue weighted by Gasteiger charge is -2.25. The number of hydrogen-bond donors (Lipinski definition) is 1. The SMILES string of the molecule is O=C(O)CC1(c2cc(Br)cc3c2OCOC3)CC1. The summed E-state index contributed by atoms with van der Waals surface area (Å²) in [5.74, 6) is 0.0662. The minimum absolute atomic E-state index is 0.167. The van der Waals surface area contributed by atoms with Gasteiger partial charge in [0.2, 0.25) is 0 Å². The van der Waals surface area contributed by atoms with E-state index in [1.165, 1.54) is 0 Å². The molecule has 96 valence electrons.